The Morgan fingerprint density at radius 3 is 2.40 bits per heavy atom. The van der Waals surface area contributed by atoms with Crippen LogP contribution in [0.4, 0.5) is 5.82 Å². The summed E-state index contributed by atoms with van der Waals surface area (Å²) in [4.78, 5) is 32.0. The van der Waals surface area contributed by atoms with E-state index in [1.54, 1.807) is 31.2 Å². The molecule has 25 heavy (non-hydrogen) atoms. The number of anilines is 1. The molecule has 0 saturated carbocycles. The van der Waals surface area contributed by atoms with E-state index in [-0.39, 0.29) is 17.1 Å². The standard InChI is InChI=1S/C16H14BN5O3/c1-8-18-6-10(7-19-8)13-12(16(24)25)14(22-21-13)20-15(23)9-2-4-11(17)5-3-9/h2-7H,17H2,1H3,(H,24,25)(H2,20,21,22,23). The van der Waals surface area contributed by atoms with Crippen molar-refractivity contribution < 1.29 is 14.7 Å². The number of H-pyrrole nitrogens is 1. The summed E-state index contributed by atoms with van der Waals surface area (Å²) in [6.45, 7) is 1.72. The van der Waals surface area contributed by atoms with E-state index in [1.807, 2.05) is 7.85 Å². The van der Waals surface area contributed by atoms with Gasteiger partial charge in [0.2, 0.25) is 0 Å². The summed E-state index contributed by atoms with van der Waals surface area (Å²) in [5.74, 6) is -1.08. The van der Waals surface area contributed by atoms with E-state index in [9.17, 15) is 14.7 Å². The summed E-state index contributed by atoms with van der Waals surface area (Å²) in [5, 5.41) is 18.6. The van der Waals surface area contributed by atoms with Crippen molar-refractivity contribution in [1.82, 2.24) is 20.2 Å². The molecule has 3 N–H and O–H groups in total. The highest BCUT2D eigenvalue weighted by Gasteiger charge is 2.23. The minimum Gasteiger partial charge on any atom is -0.477 e. The van der Waals surface area contributed by atoms with Gasteiger partial charge < -0.3 is 10.4 Å². The number of hydrogen-bond acceptors (Lipinski definition) is 5. The van der Waals surface area contributed by atoms with Crippen LogP contribution in [0.2, 0.25) is 0 Å². The number of benzene rings is 1. The number of carbonyl (C=O) groups excluding carboxylic acids is 1. The van der Waals surface area contributed by atoms with Gasteiger partial charge in [0.25, 0.3) is 5.91 Å². The number of aryl methyl sites for hydroxylation is 1. The van der Waals surface area contributed by atoms with Gasteiger partial charge in [0, 0.05) is 23.5 Å². The number of carbonyl (C=O) groups is 2. The lowest BCUT2D eigenvalue weighted by molar-refractivity contribution is 0.0699. The molecule has 3 rings (SSSR count). The highest BCUT2D eigenvalue weighted by molar-refractivity contribution is 6.32. The number of aromatic nitrogens is 4. The minimum absolute atomic E-state index is 0.00801. The third kappa shape index (κ3) is 3.39. The number of rotatable bonds is 4. The predicted molar refractivity (Wildman–Crippen MR) is 93.9 cm³/mol. The third-order valence-electron chi connectivity index (χ3n) is 3.59. The highest BCUT2D eigenvalue weighted by atomic mass is 16.4. The summed E-state index contributed by atoms with van der Waals surface area (Å²) >= 11 is 0. The smallest absolute Gasteiger partial charge is 0.341 e. The van der Waals surface area contributed by atoms with Gasteiger partial charge in [-0.05, 0) is 6.92 Å². The van der Waals surface area contributed by atoms with E-state index >= 15 is 0 Å². The molecule has 0 aliphatic rings. The normalized spacial score (nSPS) is 10.4. The second-order valence-electron chi connectivity index (χ2n) is 5.47. The largest absolute Gasteiger partial charge is 0.477 e. The molecule has 0 atom stereocenters. The lowest BCUT2D eigenvalue weighted by Gasteiger charge is -2.05. The zero-order valence-electron chi connectivity index (χ0n) is 13.6. The molecule has 3 aromatic rings. The first-order valence-corrected chi connectivity index (χ1v) is 7.44. The molecule has 1 amide bonds. The van der Waals surface area contributed by atoms with E-state index in [4.69, 9.17) is 0 Å². The van der Waals surface area contributed by atoms with Crippen molar-refractivity contribution in [3.8, 4) is 11.3 Å². The van der Waals surface area contributed by atoms with Crippen molar-refractivity contribution in [2.24, 2.45) is 0 Å². The van der Waals surface area contributed by atoms with Gasteiger partial charge in [0.05, 0.1) is 0 Å². The summed E-state index contributed by atoms with van der Waals surface area (Å²) < 4.78 is 0. The van der Waals surface area contributed by atoms with E-state index in [0.717, 1.165) is 5.46 Å². The monoisotopic (exact) mass is 335 g/mol. The fourth-order valence-corrected chi connectivity index (χ4v) is 2.26. The SMILES string of the molecule is Bc1ccc(C(=O)Nc2[nH]nc(-c3cnc(C)nc3)c2C(=O)O)cc1. The van der Waals surface area contributed by atoms with Crippen molar-refractivity contribution in [3.63, 3.8) is 0 Å². The van der Waals surface area contributed by atoms with Crippen LogP contribution in [0.1, 0.15) is 26.5 Å². The molecule has 0 bridgehead atoms. The summed E-state index contributed by atoms with van der Waals surface area (Å²) in [7, 11) is 1.91. The Hall–Kier alpha value is -3.49. The number of carboxylic acids is 1. The molecule has 8 nitrogen and oxygen atoms in total. The van der Waals surface area contributed by atoms with E-state index in [1.165, 1.54) is 12.4 Å². The molecule has 0 saturated heterocycles. The maximum absolute atomic E-state index is 12.3. The lowest BCUT2D eigenvalue weighted by Crippen LogP contribution is -2.15. The molecule has 1 aromatic carbocycles. The highest BCUT2D eigenvalue weighted by Crippen LogP contribution is 2.26. The molecule has 9 heteroatoms. The van der Waals surface area contributed by atoms with Crippen molar-refractivity contribution in [3.05, 3.63) is 53.6 Å². The molecular formula is C16H14BN5O3. The van der Waals surface area contributed by atoms with Gasteiger partial charge in [-0.15, -0.1) is 0 Å². The molecule has 0 fully saturated rings. The van der Waals surface area contributed by atoms with Gasteiger partial charge in [0.1, 0.15) is 30.7 Å². The van der Waals surface area contributed by atoms with Gasteiger partial charge in [-0.3, -0.25) is 9.89 Å². The third-order valence-corrected chi connectivity index (χ3v) is 3.59. The fraction of sp³-hybridized carbons (Fsp3) is 0.0625. The molecule has 2 heterocycles. The fourth-order valence-electron chi connectivity index (χ4n) is 2.26. The first-order chi connectivity index (χ1) is 12.0. The Morgan fingerprint density at radius 2 is 1.80 bits per heavy atom. The molecule has 0 spiro atoms. The second kappa shape index (κ2) is 6.56. The predicted octanol–water partition coefficient (Wildman–Crippen LogP) is 0.384. The van der Waals surface area contributed by atoms with Crippen LogP contribution in [0.3, 0.4) is 0 Å². The van der Waals surface area contributed by atoms with Crippen LogP contribution in [0.15, 0.2) is 36.7 Å². The number of nitrogens with zero attached hydrogens (tertiary/aromatic N) is 3. The quantitative estimate of drug-likeness (QED) is 0.593. The van der Waals surface area contributed by atoms with Gasteiger partial charge in [-0.2, -0.15) is 5.10 Å². The molecule has 0 radical (unpaired) electrons. The maximum atomic E-state index is 12.3. The van der Waals surface area contributed by atoms with Crippen LogP contribution in [-0.2, 0) is 0 Å². The average molecular weight is 335 g/mol. The van der Waals surface area contributed by atoms with Gasteiger partial charge in [0.15, 0.2) is 0 Å². The summed E-state index contributed by atoms with van der Waals surface area (Å²) in [6.07, 6.45) is 2.97. The Bertz CT molecular complexity index is 935. The number of carboxylic acid groups (broad SMARTS) is 1. The Morgan fingerprint density at radius 1 is 1.16 bits per heavy atom. The van der Waals surface area contributed by atoms with Gasteiger partial charge in [-0.1, -0.05) is 29.7 Å². The van der Waals surface area contributed by atoms with E-state index in [2.05, 4.69) is 25.5 Å². The number of aromatic carboxylic acids is 1. The van der Waals surface area contributed by atoms with Gasteiger partial charge >= 0.3 is 5.97 Å². The van der Waals surface area contributed by atoms with E-state index < -0.39 is 11.9 Å². The minimum atomic E-state index is -1.22. The van der Waals surface area contributed by atoms with Crippen molar-refractivity contribution in [2.45, 2.75) is 6.92 Å². The number of hydrogen-bond donors (Lipinski definition) is 3. The lowest BCUT2D eigenvalue weighted by atomic mass is 9.95. The van der Waals surface area contributed by atoms with Crippen LogP contribution in [-0.4, -0.2) is 45.0 Å². The molecular weight excluding hydrogens is 321 g/mol. The zero-order chi connectivity index (χ0) is 18.0. The van der Waals surface area contributed by atoms with Crippen molar-refractivity contribution in [1.29, 1.82) is 0 Å². The number of amides is 1. The first kappa shape index (κ1) is 16.4. The van der Waals surface area contributed by atoms with E-state index in [0.29, 0.717) is 17.0 Å². The Kier molecular flexibility index (Phi) is 4.30. The van der Waals surface area contributed by atoms with Crippen LogP contribution in [0, 0.1) is 6.92 Å². The molecule has 0 aliphatic heterocycles. The van der Waals surface area contributed by atoms with Crippen molar-refractivity contribution >= 4 is 31.0 Å². The average Bonchev–Trinajstić information content (AvgIpc) is 3.00. The molecule has 2 aromatic heterocycles. The number of aromatic amines is 1. The topological polar surface area (TPSA) is 121 Å². The molecule has 0 unspecified atom stereocenters. The van der Waals surface area contributed by atoms with Crippen molar-refractivity contribution in [2.75, 3.05) is 5.32 Å². The van der Waals surface area contributed by atoms with Crippen LogP contribution >= 0.6 is 0 Å². The Balaban J connectivity index is 1.94. The van der Waals surface area contributed by atoms with Crippen LogP contribution < -0.4 is 10.8 Å². The van der Waals surface area contributed by atoms with Gasteiger partial charge in [-0.25, -0.2) is 14.8 Å². The first-order valence-electron chi connectivity index (χ1n) is 7.44. The zero-order valence-corrected chi connectivity index (χ0v) is 13.6. The molecule has 124 valence electrons. The molecule has 0 aliphatic carbocycles. The maximum Gasteiger partial charge on any atom is 0.341 e. The Labute approximate surface area is 143 Å². The van der Waals surface area contributed by atoms with Crippen LogP contribution in [0.25, 0.3) is 11.3 Å². The second-order valence-corrected chi connectivity index (χ2v) is 5.47. The number of nitrogens with one attached hydrogen (secondary N) is 2. The van der Waals surface area contributed by atoms with Crippen LogP contribution in [0.5, 0.6) is 0 Å². The summed E-state index contributed by atoms with van der Waals surface area (Å²) in [5.41, 5.74) is 1.89. The summed E-state index contributed by atoms with van der Waals surface area (Å²) in [6, 6.07) is 6.93.